The lowest BCUT2D eigenvalue weighted by Gasteiger charge is -2.35. The van der Waals surface area contributed by atoms with E-state index in [1.807, 2.05) is 32.3 Å². The van der Waals surface area contributed by atoms with Gasteiger partial charge >= 0.3 is 0 Å². The van der Waals surface area contributed by atoms with E-state index in [2.05, 4.69) is 36.6 Å². The Balaban J connectivity index is 2.40. The minimum atomic E-state index is -0.0112. The van der Waals surface area contributed by atoms with Gasteiger partial charge in [0.15, 0.2) is 0 Å². The number of rotatable bonds is 2. The third kappa shape index (κ3) is 2.51. The van der Waals surface area contributed by atoms with Crippen molar-refractivity contribution in [3.8, 4) is 5.75 Å². The van der Waals surface area contributed by atoms with Crippen molar-refractivity contribution in [1.82, 2.24) is 0 Å². The third-order valence-electron chi connectivity index (χ3n) is 4.72. The number of nitrogens with zero attached hydrogens (tertiary/aromatic N) is 2. The first-order chi connectivity index (χ1) is 10.8. The minimum absolute atomic E-state index is 0.0112. The van der Waals surface area contributed by atoms with Crippen LogP contribution in [0.3, 0.4) is 0 Å². The van der Waals surface area contributed by atoms with Crippen LogP contribution in [0, 0.1) is 0 Å². The first-order valence-electron chi connectivity index (χ1n) is 8.05. The van der Waals surface area contributed by atoms with E-state index in [-0.39, 0.29) is 11.5 Å². The summed E-state index contributed by atoms with van der Waals surface area (Å²) in [6, 6.07) is 8.00. The number of anilines is 2. The molecule has 0 saturated heterocycles. The van der Waals surface area contributed by atoms with E-state index in [0.717, 1.165) is 28.7 Å². The molecule has 0 amide bonds. The average Bonchev–Trinajstić information content (AvgIpc) is 2.85. The van der Waals surface area contributed by atoms with Crippen LogP contribution < -0.4 is 9.80 Å². The third-order valence-corrected chi connectivity index (χ3v) is 5.09. The number of halogens is 1. The van der Waals surface area contributed by atoms with E-state index in [1.54, 1.807) is 0 Å². The molecule has 1 unspecified atom stereocenters. The van der Waals surface area contributed by atoms with Gasteiger partial charge in [0.25, 0.3) is 0 Å². The predicted octanol–water partition coefficient (Wildman–Crippen LogP) is 4.55. The van der Waals surface area contributed by atoms with Crippen LogP contribution in [0.5, 0.6) is 5.75 Å². The van der Waals surface area contributed by atoms with Crippen LogP contribution in [0.4, 0.5) is 11.4 Å². The maximum Gasteiger partial charge on any atom is 0.125 e. The zero-order chi connectivity index (χ0) is 16.9. The monoisotopic (exact) mass is 332 g/mol. The Morgan fingerprint density at radius 2 is 2.00 bits per heavy atom. The van der Waals surface area contributed by atoms with Gasteiger partial charge in [-0.05, 0) is 32.4 Å². The molecule has 23 heavy (non-hydrogen) atoms. The second kappa shape index (κ2) is 5.48. The SMILES string of the molecule is CN(C)c1cccc2c(O)cc3c(c12)C(CCl)CN3C(C)(C)C. The lowest BCUT2D eigenvalue weighted by molar-refractivity contribution is 0.479. The van der Waals surface area contributed by atoms with Crippen molar-refractivity contribution >= 4 is 33.7 Å². The largest absolute Gasteiger partial charge is 0.507 e. The van der Waals surface area contributed by atoms with Gasteiger partial charge in [-0.25, -0.2) is 0 Å². The number of alkyl halides is 1. The predicted molar refractivity (Wildman–Crippen MR) is 100 cm³/mol. The van der Waals surface area contributed by atoms with Gasteiger partial charge in [0.05, 0.1) is 0 Å². The fourth-order valence-electron chi connectivity index (χ4n) is 3.63. The van der Waals surface area contributed by atoms with Crippen LogP contribution in [0.15, 0.2) is 24.3 Å². The van der Waals surface area contributed by atoms with Gasteiger partial charge in [0.1, 0.15) is 5.75 Å². The Bertz CT molecular complexity index is 749. The zero-order valence-corrected chi connectivity index (χ0v) is 15.3. The molecule has 1 aliphatic heterocycles. The van der Waals surface area contributed by atoms with Crippen molar-refractivity contribution in [2.24, 2.45) is 0 Å². The number of hydrogen-bond donors (Lipinski definition) is 1. The van der Waals surface area contributed by atoms with Crippen molar-refractivity contribution < 1.29 is 5.11 Å². The van der Waals surface area contributed by atoms with Gasteiger partial charge in [-0.3, -0.25) is 0 Å². The lowest BCUT2D eigenvalue weighted by Crippen LogP contribution is -2.40. The molecule has 1 atom stereocenters. The van der Waals surface area contributed by atoms with Gasteiger partial charge in [-0.2, -0.15) is 0 Å². The molecule has 3 rings (SSSR count). The molecule has 0 saturated carbocycles. The Labute approximate surface area is 143 Å². The van der Waals surface area contributed by atoms with E-state index in [4.69, 9.17) is 11.6 Å². The normalized spacial score (nSPS) is 17.7. The molecule has 124 valence electrons. The van der Waals surface area contributed by atoms with Crippen molar-refractivity contribution in [2.45, 2.75) is 32.2 Å². The van der Waals surface area contributed by atoms with E-state index < -0.39 is 0 Å². The number of hydrogen-bond acceptors (Lipinski definition) is 3. The van der Waals surface area contributed by atoms with Crippen LogP contribution in [-0.4, -0.2) is 37.2 Å². The Hall–Kier alpha value is -1.61. The van der Waals surface area contributed by atoms with Crippen LogP contribution in [0.25, 0.3) is 10.8 Å². The molecule has 0 spiro atoms. The van der Waals surface area contributed by atoms with Gasteiger partial charge < -0.3 is 14.9 Å². The Morgan fingerprint density at radius 3 is 2.57 bits per heavy atom. The second-order valence-corrected chi connectivity index (χ2v) is 7.86. The average molecular weight is 333 g/mol. The molecule has 1 N–H and O–H groups in total. The van der Waals surface area contributed by atoms with Crippen LogP contribution in [-0.2, 0) is 0 Å². The molecule has 3 nitrogen and oxygen atoms in total. The topological polar surface area (TPSA) is 26.7 Å². The molecule has 1 aliphatic rings. The van der Waals surface area contributed by atoms with Crippen molar-refractivity contribution in [2.75, 3.05) is 36.3 Å². The number of benzene rings is 2. The highest BCUT2D eigenvalue weighted by molar-refractivity contribution is 6.19. The smallest absolute Gasteiger partial charge is 0.125 e. The maximum atomic E-state index is 10.6. The number of fused-ring (bicyclic) bond motifs is 3. The molecular weight excluding hydrogens is 308 g/mol. The number of aromatic hydroxyl groups is 1. The maximum absolute atomic E-state index is 10.6. The molecule has 2 aromatic carbocycles. The summed E-state index contributed by atoms with van der Waals surface area (Å²) in [4.78, 5) is 4.47. The molecule has 2 aromatic rings. The second-order valence-electron chi connectivity index (χ2n) is 7.56. The van der Waals surface area contributed by atoms with Crippen LogP contribution in [0.2, 0.25) is 0 Å². The van der Waals surface area contributed by atoms with Crippen molar-refractivity contribution in [1.29, 1.82) is 0 Å². The molecule has 0 bridgehead atoms. The van der Waals surface area contributed by atoms with Crippen molar-refractivity contribution in [3.63, 3.8) is 0 Å². The Kier molecular flexibility index (Phi) is 3.88. The molecular formula is C19H25ClN2O. The molecule has 1 heterocycles. The standard InChI is InChI=1S/C19H25ClN2O/c1-19(2,3)22-11-12(10-20)17-15(22)9-16(23)13-7-6-8-14(18(13)17)21(4)5/h6-9,12,23H,10-11H2,1-5H3. The summed E-state index contributed by atoms with van der Waals surface area (Å²) in [5.74, 6) is 1.20. The van der Waals surface area contributed by atoms with E-state index in [0.29, 0.717) is 11.6 Å². The number of phenols is 1. The summed E-state index contributed by atoms with van der Waals surface area (Å²) in [5.41, 5.74) is 3.50. The summed E-state index contributed by atoms with van der Waals surface area (Å²) in [5, 5.41) is 12.6. The van der Waals surface area contributed by atoms with E-state index >= 15 is 0 Å². The summed E-state index contributed by atoms with van der Waals surface area (Å²) in [6.45, 7) is 7.49. The first-order valence-corrected chi connectivity index (χ1v) is 8.58. The number of phenolic OH excluding ortho intramolecular Hbond substituents is 1. The van der Waals surface area contributed by atoms with Gasteiger partial charge in [0, 0.05) is 66.2 Å². The fraction of sp³-hybridized carbons (Fsp3) is 0.474. The first kappa shape index (κ1) is 16.3. The molecule has 0 radical (unpaired) electrons. The van der Waals surface area contributed by atoms with E-state index in [9.17, 15) is 5.11 Å². The minimum Gasteiger partial charge on any atom is -0.507 e. The Morgan fingerprint density at radius 1 is 1.30 bits per heavy atom. The quantitative estimate of drug-likeness (QED) is 0.817. The lowest BCUT2D eigenvalue weighted by atomic mass is 9.94. The highest BCUT2D eigenvalue weighted by Gasteiger charge is 2.36. The summed E-state index contributed by atoms with van der Waals surface area (Å²) < 4.78 is 0. The van der Waals surface area contributed by atoms with Gasteiger partial charge in [-0.1, -0.05) is 12.1 Å². The molecule has 0 aromatic heterocycles. The van der Waals surface area contributed by atoms with Crippen LogP contribution in [0.1, 0.15) is 32.3 Å². The summed E-state index contributed by atoms with van der Waals surface area (Å²) >= 11 is 6.32. The molecule has 0 aliphatic carbocycles. The summed E-state index contributed by atoms with van der Waals surface area (Å²) in [6.07, 6.45) is 0. The van der Waals surface area contributed by atoms with Gasteiger partial charge in [-0.15, -0.1) is 11.6 Å². The van der Waals surface area contributed by atoms with Crippen LogP contribution >= 0.6 is 11.6 Å². The highest BCUT2D eigenvalue weighted by Crippen LogP contribution is 2.49. The van der Waals surface area contributed by atoms with Crippen molar-refractivity contribution in [3.05, 3.63) is 29.8 Å². The zero-order valence-electron chi connectivity index (χ0n) is 14.5. The molecule has 0 fully saturated rings. The highest BCUT2D eigenvalue weighted by atomic mass is 35.5. The summed E-state index contributed by atoms with van der Waals surface area (Å²) in [7, 11) is 4.08. The van der Waals surface area contributed by atoms with E-state index in [1.165, 1.54) is 5.56 Å². The van der Waals surface area contributed by atoms with Gasteiger partial charge in [0.2, 0.25) is 0 Å². The molecule has 4 heteroatoms. The fourth-order valence-corrected chi connectivity index (χ4v) is 3.88.